The van der Waals surface area contributed by atoms with Crippen LogP contribution in [0.2, 0.25) is 0 Å². The molecule has 24 heavy (non-hydrogen) atoms. The van der Waals surface area contributed by atoms with Crippen molar-refractivity contribution >= 4 is 28.9 Å². The van der Waals surface area contributed by atoms with E-state index in [0.29, 0.717) is 22.5 Å². The maximum absolute atomic E-state index is 12.0. The standard InChI is InChI=1S/C16H16N4O4/c1-10-13(3-2-4-14(10)20(23)24)19-15(21)9-18-12-7-5-11(6-8-12)16(17)22/h2-8,18H,9H2,1H3,(H2,17,22)(H,19,21). The molecule has 8 nitrogen and oxygen atoms in total. The van der Waals surface area contributed by atoms with Crippen LogP contribution in [0.5, 0.6) is 0 Å². The Hall–Kier alpha value is -3.42. The lowest BCUT2D eigenvalue weighted by molar-refractivity contribution is -0.385. The summed E-state index contributed by atoms with van der Waals surface area (Å²) in [5.74, 6) is -0.877. The number of nitrogens with one attached hydrogen (secondary N) is 2. The van der Waals surface area contributed by atoms with Crippen molar-refractivity contribution in [2.45, 2.75) is 6.92 Å². The molecule has 2 rings (SSSR count). The molecule has 0 saturated heterocycles. The minimum Gasteiger partial charge on any atom is -0.376 e. The van der Waals surface area contributed by atoms with Gasteiger partial charge in [0.25, 0.3) is 5.69 Å². The Bertz CT molecular complexity index is 787. The average molecular weight is 328 g/mol. The predicted molar refractivity (Wildman–Crippen MR) is 89.9 cm³/mol. The van der Waals surface area contributed by atoms with Gasteiger partial charge in [0, 0.05) is 17.3 Å². The number of carbonyl (C=O) groups excluding carboxylic acids is 2. The lowest BCUT2D eigenvalue weighted by atomic mass is 10.1. The molecule has 0 fully saturated rings. The maximum atomic E-state index is 12.0. The highest BCUT2D eigenvalue weighted by molar-refractivity contribution is 5.95. The summed E-state index contributed by atoms with van der Waals surface area (Å²) in [5, 5.41) is 16.4. The van der Waals surface area contributed by atoms with E-state index >= 15 is 0 Å². The van der Waals surface area contributed by atoms with E-state index in [0.717, 1.165) is 0 Å². The molecule has 8 heteroatoms. The van der Waals surface area contributed by atoms with Crippen molar-refractivity contribution in [1.82, 2.24) is 0 Å². The zero-order valence-electron chi connectivity index (χ0n) is 12.9. The lowest BCUT2D eigenvalue weighted by Crippen LogP contribution is -2.22. The van der Waals surface area contributed by atoms with E-state index in [1.165, 1.54) is 12.1 Å². The number of nitrogens with zero attached hydrogens (tertiary/aromatic N) is 1. The van der Waals surface area contributed by atoms with Crippen LogP contribution in [0.25, 0.3) is 0 Å². The smallest absolute Gasteiger partial charge is 0.274 e. The highest BCUT2D eigenvalue weighted by Crippen LogP contribution is 2.24. The maximum Gasteiger partial charge on any atom is 0.274 e. The first-order valence-corrected chi connectivity index (χ1v) is 7.06. The number of hydrogen-bond donors (Lipinski definition) is 3. The van der Waals surface area contributed by atoms with Gasteiger partial charge in [0.1, 0.15) is 0 Å². The van der Waals surface area contributed by atoms with E-state index in [4.69, 9.17) is 5.73 Å². The molecule has 0 heterocycles. The largest absolute Gasteiger partial charge is 0.376 e. The SMILES string of the molecule is Cc1c(NC(=O)CNc2ccc(C(N)=O)cc2)cccc1[N+](=O)[O-]. The van der Waals surface area contributed by atoms with Crippen LogP contribution in [0.15, 0.2) is 42.5 Å². The molecule has 0 aliphatic heterocycles. The zero-order chi connectivity index (χ0) is 17.7. The number of anilines is 2. The third kappa shape index (κ3) is 4.07. The molecule has 2 aromatic rings. The molecule has 0 spiro atoms. The van der Waals surface area contributed by atoms with Gasteiger partial charge in [0.2, 0.25) is 11.8 Å². The Balaban J connectivity index is 1.98. The van der Waals surface area contributed by atoms with Crippen LogP contribution in [-0.4, -0.2) is 23.3 Å². The minimum absolute atomic E-state index is 0.0297. The van der Waals surface area contributed by atoms with Crippen LogP contribution in [-0.2, 0) is 4.79 Å². The van der Waals surface area contributed by atoms with Gasteiger partial charge in [-0.1, -0.05) is 6.07 Å². The fourth-order valence-corrected chi connectivity index (χ4v) is 2.09. The van der Waals surface area contributed by atoms with Crippen molar-refractivity contribution in [3.8, 4) is 0 Å². The molecule has 0 aliphatic rings. The van der Waals surface area contributed by atoms with Gasteiger partial charge >= 0.3 is 0 Å². The van der Waals surface area contributed by atoms with Crippen molar-refractivity contribution in [2.75, 3.05) is 17.2 Å². The van der Waals surface area contributed by atoms with Crippen molar-refractivity contribution in [3.63, 3.8) is 0 Å². The molecule has 4 N–H and O–H groups in total. The number of benzene rings is 2. The quantitative estimate of drug-likeness (QED) is 0.552. The summed E-state index contributed by atoms with van der Waals surface area (Å²) in [4.78, 5) is 33.4. The number of nitrogens with two attached hydrogens (primary N) is 1. The number of rotatable bonds is 6. The van der Waals surface area contributed by atoms with Gasteiger partial charge in [-0.05, 0) is 37.3 Å². The molecule has 0 aromatic heterocycles. The molecule has 0 radical (unpaired) electrons. The fourth-order valence-electron chi connectivity index (χ4n) is 2.09. The molecule has 2 amide bonds. The molecule has 0 aliphatic carbocycles. The monoisotopic (exact) mass is 328 g/mol. The summed E-state index contributed by atoms with van der Waals surface area (Å²) in [5.41, 5.74) is 6.89. The van der Waals surface area contributed by atoms with E-state index in [9.17, 15) is 19.7 Å². The zero-order valence-corrected chi connectivity index (χ0v) is 12.9. The van der Waals surface area contributed by atoms with Gasteiger partial charge in [-0.3, -0.25) is 19.7 Å². The first-order valence-electron chi connectivity index (χ1n) is 7.06. The molecule has 2 aromatic carbocycles. The Labute approximate surface area is 137 Å². The highest BCUT2D eigenvalue weighted by Gasteiger charge is 2.14. The van der Waals surface area contributed by atoms with E-state index < -0.39 is 10.8 Å². The van der Waals surface area contributed by atoms with Crippen LogP contribution in [0.1, 0.15) is 15.9 Å². The summed E-state index contributed by atoms with van der Waals surface area (Å²) >= 11 is 0. The molecule has 0 saturated carbocycles. The van der Waals surface area contributed by atoms with Gasteiger partial charge in [-0.15, -0.1) is 0 Å². The molecule has 0 atom stereocenters. The Morgan fingerprint density at radius 2 is 1.83 bits per heavy atom. The minimum atomic E-state index is -0.527. The first kappa shape index (κ1) is 16.9. The van der Waals surface area contributed by atoms with Gasteiger partial charge < -0.3 is 16.4 Å². The van der Waals surface area contributed by atoms with Crippen LogP contribution in [0.3, 0.4) is 0 Å². The van der Waals surface area contributed by atoms with Gasteiger partial charge in [-0.2, -0.15) is 0 Å². The van der Waals surface area contributed by atoms with Gasteiger partial charge in [0.05, 0.1) is 22.7 Å². The number of hydrogen-bond acceptors (Lipinski definition) is 5. The van der Waals surface area contributed by atoms with Gasteiger partial charge in [0.15, 0.2) is 0 Å². The van der Waals surface area contributed by atoms with E-state index in [2.05, 4.69) is 10.6 Å². The van der Waals surface area contributed by atoms with Crippen molar-refractivity contribution < 1.29 is 14.5 Å². The second-order valence-corrected chi connectivity index (χ2v) is 5.05. The summed E-state index contributed by atoms with van der Waals surface area (Å²) in [6.07, 6.45) is 0. The summed E-state index contributed by atoms with van der Waals surface area (Å²) in [6.45, 7) is 1.54. The van der Waals surface area contributed by atoms with E-state index in [1.807, 2.05) is 0 Å². The van der Waals surface area contributed by atoms with Crippen molar-refractivity contribution in [2.24, 2.45) is 5.73 Å². The predicted octanol–water partition coefficient (Wildman–Crippen LogP) is 2.05. The fraction of sp³-hybridized carbons (Fsp3) is 0.125. The summed E-state index contributed by atoms with van der Waals surface area (Å²) in [7, 11) is 0. The molecular weight excluding hydrogens is 312 g/mol. The third-order valence-electron chi connectivity index (χ3n) is 3.40. The van der Waals surface area contributed by atoms with E-state index in [-0.39, 0.29) is 18.1 Å². The Morgan fingerprint density at radius 3 is 2.42 bits per heavy atom. The molecule has 124 valence electrons. The van der Waals surface area contributed by atoms with Crippen LogP contribution in [0, 0.1) is 17.0 Å². The van der Waals surface area contributed by atoms with Crippen LogP contribution >= 0.6 is 0 Å². The topological polar surface area (TPSA) is 127 Å². The molecule has 0 bridgehead atoms. The summed E-state index contributed by atoms with van der Waals surface area (Å²) < 4.78 is 0. The van der Waals surface area contributed by atoms with Crippen molar-refractivity contribution in [1.29, 1.82) is 0 Å². The van der Waals surface area contributed by atoms with E-state index in [1.54, 1.807) is 37.3 Å². The number of nitro groups is 1. The molecular formula is C16H16N4O4. The van der Waals surface area contributed by atoms with Crippen LogP contribution < -0.4 is 16.4 Å². The summed E-state index contributed by atoms with van der Waals surface area (Å²) in [6, 6.07) is 10.8. The Kier molecular flexibility index (Phi) is 5.10. The number of nitro benzene ring substituents is 1. The van der Waals surface area contributed by atoms with Crippen LogP contribution in [0.4, 0.5) is 17.1 Å². The third-order valence-corrected chi connectivity index (χ3v) is 3.40. The second-order valence-electron chi connectivity index (χ2n) is 5.05. The second kappa shape index (κ2) is 7.23. The number of primary amides is 1. The number of carbonyl (C=O) groups is 2. The first-order chi connectivity index (χ1) is 11.4. The molecule has 0 unspecified atom stereocenters. The van der Waals surface area contributed by atoms with Gasteiger partial charge in [-0.25, -0.2) is 0 Å². The normalized spacial score (nSPS) is 10.0. The van der Waals surface area contributed by atoms with Crippen molar-refractivity contribution in [3.05, 3.63) is 63.7 Å². The highest BCUT2D eigenvalue weighted by atomic mass is 16.6. The average Bonchev–Trinajstić information content (AvgIpc) is 2.55. The Morgan fingerprint density at radius 1 is 1.17 bits per heavy atom. The number of amides is 2. The lowest BCUT2D eigenvalue weighted by Gasteiger charge is -2.10.